The second kappa shape index (κ2) is 12.6. The highest BCUT2D eigenvalue weighted by Crippen LogP contribution is 2.39. The van der Waals surface area contributed by atoms with Crippen LogP contribution < -0.4 is 25.4 Å². The topological polar surface area (TPSA) is 131 Å². The van der Waals surface area contributed by atoms with Crippen LogP contribution in [0.2, 0.25) is 0 Å². The SMILES string of the molecule is COC(=O)Nc1cc(C(C)(C)C)cc(NC(=O)Nc2ccc(Oc3ccnc(CCO)c3)c3ccccc23)c1OC. The second-order valence-corrected chi connectivity index (χ2v) is 10.3. The van der Waals surface area contributed by atoms with E-state index in [2.05, 4.69) is 20.9 Å². The Kier molecular flexibility index (Phi) is 8.94. The van der Waals surface area contributed by atoms with Crippen molar-refractivity contribution in [2.75, 3.05) is 36.8 Å². The molecule has 1 heterocycles. The standard InChI is InChI=1S/C31H34N4O6/c1-31(2,3)19-16-25(28(39-4)26(17-19)35-30(38)40-5)34-29(37)33-24-10-11-27(23-9-7-6-8-22(23)24)41-21-12-14-32-20(18-21)13-15-36/h6-12,14,16-18,36H,13,15H2,1-5H3,(H,35,38)(H2,33,34,37). The van der Waals surface area contributed by atoms with Crippen molar-refractivity contribution in [3.05, 3.63) is 78.1 Å². The van der Waals surface area contributed by atoms with Gasteiger partial charge in [0, 0.05) is 41.8 Å². The number of carbonyl (C=O) groups is 2. The highest BCUT2D eigenvalue weighted by atomic mass is 16.5. The molecule has 3 aromatic carbocycles. The maximum absolute atomic E-state index is 13.3. The summed E-state index contributed by atoms with van der Waals surface area (Å²) in [6.07, 6.45) is 1.41. The summed E-state index contributed by atoms with van der Waals surface area (Å²) < 4.78 is 16.5. The van der Waals surface area contributed by atoms with Crippen LogP contribution in [-0.2, 0) is 16.6 Å². The molecule has 4 rings (SSSR count). The number of hydrogen-bond acceptors (Lipinski definition) is 7. The number of anilines is 3. The van der Waals surface area contributed by atoms with Crippen molar-refractivity contribution < 1.29 is 28.9 Å². The Morgan fingerprint density at radius 2 is 1.56 bits per heavy atom. The third-order valence-electron chi connectivity index (χ3n) is 6.35. The van der Waals surface area contributed by atoms with Gasteiger partial charge in [0.2, 0.25) is 0 Å². The van der Waals surface area contributed by atoms with Crippen molar-refractivity contribution in [1.82, 2.24) is 4.98 Å². The molecule has 4 aromatic rings. The quantitative estimate of drug-likeness (QED) is 0.189. The number of amides is 3. The van der Waals surface area contributed by atoms with E-state index in [0.29, 0.717) is 35.0 Å². The molecule has 4 N–H and O–H groups in total. The zero-order chi connectivity index (χ0) is 29.6. The lowest BCUT2D eigenvalue weighted by Gasteiger charge is -2.24. The molecule has 0 spiro atoms. The zero-order valence-corrected chi connectivity index (χ0v) is 23.7. The van der Waals surface area contributed by atoms with Crippen LogP contribution in [0.4, 0.5) is 26.7 Å². The first-order valence-corrected chi connectivity index (χ1v) is 13.0. The highest BCUT2D eigenvalue weighted by Gasteiger charge is 2.22. The minimum Gasteiger partial charge on any atom is -0.492 e. The van der Waals surface area contributed by atoms with Crippen LogP contribution in [0, 0.1) is 0 Å². The van der Waals surface area contributed by atoms with Gasteiger partial charge in [0.25, 0.3) is 0 Å². The number of urea groups is 1. The summed E-state index contributed by atoms with van der Waals surface area (Å²) in [6.45, 7) is 6.07. The molecule has 0 aliphatic rings. The highest BCUT2D eigenvalue weighted by molar-refractivity contribution is 6.08. The van der Waals surface area contributed by atoms with Gasteiger partial charge >= 0.3 is 12.1 Å². The summed E-state index contributed by atoms with van der Waals surface area (Å²) in [5, 5.41) is 19.2. The van der Waals surface area contributed by atoms with Crippen molar-refractivity contribution in [3.8, 4) is 17.2 Å². The van der Waals surface area contributed by atoms with E-state index >= 15 is 0 Å². The first-order chi connectivity index (χ1) is 19.6. The number of ether oxygens (including phenoxy) is 3. The number of methoxy groups -OCH3 is 2. The monoisotopic (exact) mass is 558 g/mol. The van der Waals surface area contributed by atoms with Crippen LogP contribution in [0.25, 0.3) is 10.8 Å². The molecule has 3 amide bonds. The number of rotatable bonds is 8. The number of pyridine rings is 1. The summed E-state index contributed by atoms with van der Waals surface area (Å²) in [5.41, 5.74) is 2.62. The molecular formula is C31H34N4O6. The van der Waals surface area contributed by atoms with Gasteiger partial charge < -0.3 is 30.0 Å². The van der Waals surface area contributed by atoms with Gasteiger partial charge in [0.1, 0.15) is 11.5 Å². The summed E-state index contributed by atoms with van der Waals surface area (Å²) in [7, 11) is 2.73. The van der Waals surface area contributed by atoms with Gasteiger partial charge in [-0.1, -0.05) is 45.0 Å². The van der Waals surface area contributed by atoms with Crippen LogP contribution in [0.5, 0.6) is 17.2 Å². The Hall–Kier alpha value is -4.83. The summed E-state index contributed by atoms with van der Waals surface area (Å²) in [5.74, 6) is 1.48. The second-order valence-electron chi connectivity index (χ2n) is 10.3. The molecule has 0 saturated carbocycles. The fourth-order valence-corrected chi connectivity index (χ4v) is 4.27. The molecule has 0 atom stereocenters. The Labute approximate surface area is 238 Å². The minimum atomic E-state index is -0.657. The molecule has 0 radical (unpaired) electrons. The van der Waals surface area contributed by atoms with Crippen LogP contribution in [0.3, 0.4) is 0 Å². The lowest BCUT2D eigenvalue weighted by molar-refractivity contribution is 0.187. The zero-order valence-electron chi connectivity index (χ0n) is 23.7. The number of benzene rings is 3. The van der Waals surface area contributed by atoms with Crippen molar-refractivity contribution in [1.29, 1.82) is 0 Å². The summed E-state index contributed by atoms with van der Waals surface area (Å²) in [6, 6.07) is 17.7. The first-order valence-electron chi connectivity index (χ1n) is 13.0. The average Bonchev–Trinajstić information content (AvgIpc) is 2.94. The molecule has 1 aromatic heterocycles. The van der Waals surface area contributed by atoms with Crippen LogP contribution in [-0.4, -0.2) is 43.0 Å². The molecule has 41 heavy (non-hydrogen) atoms. The van der Waals surface area contributed by atoms with E-state index in [4.69, 9.17) is 14.2 Å². The third-order valence-corrected chi connectivity index (χ3v) is 6.35. The van der Waals surface area contributed by atoms with Crippen molar-refractivity contribution in [3.63, 3.8) is 0 Å². The van der Waals surface area contributed by atoms with Crippen molar-refractivity contribution in [2.45, 2.75) is 32.6 Å². The van der Waals surface area contributed by atoms with Gasteiger partial charge in [-0.2, -0.15) is 0 Å². The maximum atomic E-state index is 13.3. The number of aliphatic hydroxyl groups is 1. The number of hydrogen-bond donors (Lipinski definition) is 4. The van der Waals surface area contributed by atoms with E-state index in [-0.39, 0.29) is 17.8 Å². The normalized spacial score (nSPS) is 11.1. The predicted molar refractivity (Wildman–Crippen MR) is 159 cm³/mol. The Morgan fingerprint density at radius 3 is 2.22 bits per heavy atom. The van der Waals surface area contributed by atoms with E-state index in [9.17, 15) is 14.7 Å². The van der Waals surface area contributed by atoms with E-state index in [1.54, 1.807) is 36.5 Å². The van der Waals surface area contributed by atoms with Gasteiger partial charge in [-0.15, -0.1) is 0 Å². The van der Waals surface area contributed by atoms with Crippen LogP contribution >= 0.6 is 0 Å². The Balaban J connectivity index is 1.63. The van der Waals surface area contributed by atoms with Gasteiger partial charge in [-0.25, -0.2) is 9.59 Å². The van der Waals surface area contributed by atoms with E-state index in [1.165, 1.54) is 14.2 Å². The van der Waals surface area contributed by atoms with Crippen LogP contribution in [0.1, 0.15) is 32.0 Å². The number of aromatic nitrogens is 1. The van der Waals surface area contributed by atoms with Crippen molar-refractivity contribution in [2.24, 2.45) is 0 Å². The van der Waals surface area contributed by atoms with Crippen molar-refractivity contribution >= 4 is 40.0 Å². The number of nitrogens with zero attached hydrogens (tertiary/aromatic N) is 1. The van der Waals surface area contributed by atoms with Gasteiger partial charge in [-0.3, -0.25) is 10.3 Å². The smallest absolute Gasteiger partial charge is 0.411 e. The molecule has 0 saturated heterocycles. The Morgan fingerprint density at radius 1 is 0.878 bits per heavy atom. The van der Waals surface area contributed by atoms with E-state index in [0.717, 1.165) is 22.0 Å². The van der Waals surface area contributed by atoms with E-state index < -0.39 is 12.1 Å². The Bertz CT molecular complexity index is 1560. The molecule has 0 aliphatic heterocycles. The van der Waals surface area contributed by atoms with Gasteiger partial charge in [-0.05, 0) is 41.3 Å². The van der Waals surface area contributed by atoms with E-state index in [1.807, 2.05) is 51.1 Å². The molecule has 214 valence electrons. The third kappa shape index (κ3) is 7.03. The minimum absolute atomic E-state index is 0.00269. The first kappa shape index (κ1) is 29.2. The largest absolute Gasteiger partial charge is 0.492 e. The number of nitrogens with one attached hydrogen (secondary N) is 3. The summed E-state index contributed by atoms with van der Waals surface area (Å²) in [4.78, 5) is 29.5. The molecule has 10 heteroatoms. The fraction of sp³-hybridized carbons (Fsp3) is 0.258. The van der Waals surface area contributed by atoms with Gasteiger partial charge in [0.05, 0.1) is 31.3 Å². The summed E-state index contributed by atoms with van der Waals surface area (Å²) >= 11 is 0. The van der Waals surface area contributed by atoms with Gasteiger partial charge in [0.15, 0.2) is 5.75 Å². The molecule has 0 bridgehead atoms. The lowest BCUT2D eigenvalue weighted by Crippen LogP contribution is -2.22. The predicted octanol–water partition coefficient (Wildman–Crippen LogP) is 6.69. The fourth-order valence-electron chi connectivity index (χ4n) is 4.27. The molecule has 0 aliphatic carbocycles. The number of aliphatic hydroxyl groups excluding tert-OH is 1. The lowest BCUT2D eigenvalue weighted by atomic mass is 9.86. The number of fused-ring (bicyclic) bond motifs is 1. The maximum Gasteiger partial charge on any atom is 0.411 e. The molecule has 0 fully saturated rings. The molecular weight excluding hydrogens is 524 g/mol. The van der Waals surface area contributed by atoms with Crippen LogP contribution in [0.15, 0.2) is 66.9 Å². The number of carbonyl (C=O) groups excluding carboxylic acids is 2. The molecule has 0 unspecified atom stereocenters. The average molecular weight is 559 g/mol. The molecule has 10 nitrogen and oxygen atoms in total.